The molecular formula is C17H23N3O6S. The van der Waals surface area contributed by atoms with Crippen LogP contribution in [0.5, 0.6) is 0 Å². The summed E-state index contributed by atoms with van der Waals surface area (Å²) in [5, 5.41) is 0. The molecule has 1 heterocycles. The molecule has 148 valence electrons. The van der Waals surface area contributed by atoms with Crippen molar-refractivity contribution in [2.24, 2.45) is 0 Å². The van der Waals surface area contributed by atoms with E-state index in [1.807, 2.05) is 0 Å². The maximum atomic E-state index is 12.8. The third kappa shape index (κ3) is 5.51. The van der Waals surface area contributed by atoms with Crippen molar-refractivity contribution in [2.75, 3.05) is 19.7 Å². The van der Waals surface area contributed by atoms with E-state index in [1.54, 1.807) is 6.92 Å². The zero-order valence-corrected chi connectivity index (χ0v) is 16.1. The first-order valence-electron chi connectivity index (χ1n) is 8.55. The number of hydrogen-bond donors (Lipinski definition) is 2. The molecule has 1 aromatic carbocycles. The molecule has 1 aliphatic heterocycles. The molecule has 1 fully saturated rings. The van der Waals surface area contributed by atoms with Gasteiger partial charge in [0.05, 0.1) is 10.5 Å². The molecule has 1 saturated heterocycles. The first-order chi connectivity index (χ1) is 12.7. The van der Waals surface area contributed by atoms with E-state index in [0.29, 0.717) is 18.7 Å². The van der Waals surface area contributed by atoms with Crippen molar-refractivity contribution in [3.63, 3.8) is 0 Å². The molecule has 27 heavy (non-hydrogen) atoms. The van der Waals surface area contributed by atoms with Gasteiger partial charge in [0, 0.05) is 20.0 Å². The summed E-state index contributed by atoms with van der Waals surface area (Å²) >= 11 is 0. The van der Waals surface area contributed by atoms with E-state index < -0.39 is 34.4 Å². The van der Waals surface area contributed by atoms with Gasteiger partial charge >= 0.3 is 5.97 Å². The number of piperidine rings is 1. The second-order valence-corrected chi connectivity index (χ2v) is 8.18. The Bertz CT molecular complexity index is 831. The van der Waals surface area contributed by atoms with Crippen LogP contribution >= 0.6 is 0 Å². The van der Waals surface area contributed by atoms with Crippen LogP contribution in [0.1, 0.15) is 42.1 Å². The first-order valence-corrected chi connectivity index (χ1v) is 9.99. The van der Waals surface area contributed by atoms with E-state index in [1.165, 1.54) is 29.4 Å². The molecule has 0 bridgehead atoms. The number of carbonyl (C=O) groups excluding carboxylic acids is 3. The predicted octanol–water partition coefficient (Wildman–Crippen LogP) is 0.494. The van der Waals surface area contributed by atoms with Crippen molar-refractivity contribution in [3.8, 4) is 0 Å². The highest BCUT2D eigenvalue weighted by molar-refractivity contribution is 7.89. The Morgan fingerprint density at radius 2 is 1.78 bits per heavy atom. The van der Waals surface area contributed by atoms with Crippen LogP contribution < -0.4 is 10.9 Å². The van der Waals surface area contributed by atoms with Crippen LogP contribution in [0.25, 0.3) is 0 Å². The van der Waals surface area contributed by atoms with Gasteiger partial charge in [0.1, 0.15) is 0 Å². The van der Waals surface area contributed by atoms with Crippen molar-refractivity contribution in [1.82, 2.24) is 15.2 Å². The quantitative estimate of drug-likeness (QED) is 0.551. The van der Waals surface area contributed by atoms with E-state index >= 15 is 0 Å². The summed E-state index contributed by atoms with van der Waals surface area (Å²) in [6.07, 6.45) is 2.62. The largest absolute Gasteiger partial charge is 0.452 e. The molecule has 1 aromatic rings. The normalized spacial score (nSPS) is 15.0. The van der Waals surface area contributed by atoms with Gasteiger partial charge in [0.25, 0.3) is 5.91 Å². The van der Waals surface area contributed by atoms with Crippen molar-refractivity contribution in [2.45, 2.75) is 38.0 Å². The molecule has 2 N–H and O–H groups in total. The van der Waals surface area contributed by atoms with E-state index in [-0.39, 0.29) is 10.5 Å². The lowest BCUT2D eigenvalue weighted by atomic mass is 10.1. The molecule has 9 nitrogen and oxygen atoms in total. The van der Waals surface area contributed by atoms with Crippen LogP contribution in [0.2, 0.25) is 0 Å². The number of benzene rings is 1. The first kappa shape index (κ1) is 20.8. The Labute approximate surface area is 158 Å². The minimum absolute atomic E-state index is 0.0182. The van der Waals surface area contributed by atoms with Crippen molar-refractivity contribution in [1.29, 1.82) is 0 Å². The molecule has 1 aliphatic rings. The van der Waals surface area contributed by atoms with Crippen LogP contribution in [0.4, 0.5) is 0 Å². The minimum atomic E-state index is -3.69. The van der Waals surface area contributed by atoms with E-state index in [2.05, 4.69) is 10.9 Å². The lowest BCUT2D eigenvalue weighted by Crippen LogP contribution is -2.42. The molecule has 0 aliphatic carbocycles. The average molecular weight is 397 g/mol. The van der Waals surface area contributed by atoms with Crippen molar-refractivity contribution in [3.05, 3.63) is 29.3 Å². The SMILES string of the molecule is CC(=O)NNC(=O)COC(=O)c1cc(S(=O)(=O)N2CCCCC2)ccc1C. The smallest absolute Gasteiger partial charge is 0.338 e. The van der Waals surface area contributed by atoms with Crippen LogP contribution in [0, 0.1) is 6.92 Å². The summed E-state index contributed by atoms with van der Waals surface area (Å²) < 4.78 is 31.8. The molecule has 0 radical (unpaired) electrons. The number of esters is 1. The molecular weight excluding hydrogens is 374 g/mol. The van der Waals surface area contributed by atoms with Crippen molar-refractivity contribution < 1.29 is 27.5 Å². The molecule has 10 heteroatoms. The summed E-state index contributed by atoms with van der Waals surface area (Å²) in [5.74, 6) is -2.00. The van der Waals surface area contributed by atoms with Gasteiger partial charge in [-0.05, 0) is 37.5 Å². The van der Waals surface area contributed by atoms with Gasteiger partial charge in [-0.2, -0.15) is 4.31 Å². The Morgan fingerprint density at radius 3 is 2.41 bits per heavy atom. The van der Waals surface area contributed by atoms with Gasteiger partial charge in [-0.3, -0.25) is 20.4 Å². The van der Waals surface area contributed by atoms with Crippen LogP contribution in [0.3, 0.4) is 0 Å². The summed E-state index contributed by atoms with van der Waals surface area (Å²) in [5.41, 5.74) is 4.73. The predicted molar refractivity (Wildman–Crippen MR) is 96.0 cm³/mol. The number of nitrogens with zero attached hydrogens (tertiary/aromatic N) is 1. The number of sulfonamides is 1. The Balaban J connectivity index is 2.11. The van der Waals surface area contributed by atoms with Gasteiger partial charge < -0.3 is 4.74 Å². The number of hydrogen-bond acceptors (Lipinski definition) is 6. The van der Waals surface area contributed by atoms with Crippen LogP contribution in [0.15, 0.2) is 23.1 Å². The Kier molecular flexibility index (Phi) is 6.92. The number of nitrogens with one attached hydrogen (secondary N) is 2. The van der Waals surface area contributed by atoms with Gasteiger partial charge in [-0.25, -0.2) is 13.2 Å². The highest BCUT2D eigenvalue weighted by Crippen LogP contribution is 2.23. The summed E-state index contributed by atoms with van der Waals surface area (Å²) in [6, 6.07) is 4.26. The third-order valence-corrected chi connectivity index (χ3v) is 5.99. The molecule has 0 spiro atoms. The second kappa shape index (κ2) is 8.96. The minimum Gasteiger partial charge on any atom is -0.452 e. The number of hydrazine groups is 1. The summed E-state index contributed by atoms with van der Waals surface area (Å²) in [4.78, 5) is 34.5. The molecule has 2 rings (SSSR count). The molecule has 0 aromatic heterocycles. The number of aryl methyl sites for hydroxylation is 1. The van der Waals surface area contributed by atoms with Gasteiger partial charge in [-0.1, -0.05) is 12.5 Å². The number of amides is 2. The molecule has 2 amide bonds. The van der Waals surface area contributed by atoms with E-state index in [0.717, 1.165) is 19.3 Å². The zero-order chi connectivity index (χ0) is 20.0. The zero-order valence-electron chi connectivity index (χ0n) is 15.3. The highest BCUT2D eigenvalue weighted by atomic mass is 32.2. The fourth-order valence-electron chi connectivity index (χ4n) is 2.64. The fourth-order valence-corrected chi connectivity index (χ4v) is 4.18. The summed E-state index contributed by atoms with van der Waals surface area (Å²) in [7, 11) is -3.69. The standard InChI is InChI=1S/C17H23N3O6S/c1-12-6-7-14(27(24,25)20-8-4-3-5-9-20)10-15(12)17(23)26-11-16(22)19-18-13(2)21/h6-7,10H,3-5,8-9,11H2,1-2H3,(H,18,21)(H,19,22). The van der Waals surface area contributed by atoms with E-state index in [4.69, 9.17) is 4.74 Å². The highest BCUT2D eigenvalue weighted by Gasteiger charge is 2.27. The summed E-state index contributed by atoms with van der Waals surface area (Å²) in [6.45, 7) is 3.16. The number of rotatable bonds is 5. The fraction of sp³-hybridized carbons (Fsp3) is 0.471. The van der Waals surface area contributed by atoms with Gasteiger partial charge in [0.15, 0.2) is 6.61 Å². The second-order valence-electron chi connectivity index (χ2n) is 6.25. The van der Waals surface area contributed by atoms with Crippen LogP contribution in [-0.2, 0) is 24.3 Å². The van der Waals surface area contributed by atoms with Crippen molar-refractivity contribution >= 4 is 27.8 Å². The lowest BCUT2D eigenvalue weighted by molar-refractivity contribution is -0.129. The maximum Gasteiger partial charge on any atom is 0.338 e. The molecule has 0 unspecified atom stereocenters. The molecule has 0 atom stereocenters. The Hall–Kier alpha value is -2.46. The lowest BCUT2D eigenvalue weighted by Gasteiger charge is -2.26. The Morgan fingerprint density at radius 1 is 1.11 bits per heavy atom. The van der Waals surface area contributed by atoms with Crippen LogP contribution in [-0.4, -0.2) is 50.2 Å². The monoisotopic (exact) mass is 397 g/mol. The average Bonchev–Trinajstić information content (AvgIpc) is 2.65. The third-order valence-electron chi connectivity index (χ3n) is 4.09. The molecule has 0 saturated carbocycles. The van der Waals surface area contributed by atoms with Gasteiger partial charge in [0.2, 0.25) is 15.9 Å². The number of carbonyl (C=O) groups is 3. The van der Waals surface area contributed by atoms with Gasteiger partial charge in [-0.15, -0.1) is 0 Å². The van der Waals surface area contributed by atoms with E-state index in [9.17, 15) is 22.8 Å². The maximum absolute atomic E-state index is 12.8. The topological polar surface area (TPSA) is 122 Å². The number of ether oxygens (including phenoxy) is 1.